The van der Waals surface area contributed by atoms with Crippen LogP contribution in [0.4, 0.5) is 0 Å². The summed E-state index contributed by atoms with van der Waals surface area (Å²) < 4.78 is 2.43. The van der Waals surface area contributed by atoms with Crippen LogP contribution in [-0.4, -0.2) is 10.5 Å². The van der Waals surface area contributed by atoms with E-state index in [0.29, 0.717) is 7.14 Å². The van der Waals surface area contributed by atoms with Gasteiger partial charge in [0, 0.05) is 12.4 Å². The lowest BCUT2D eigenvalue weighted by Gasteiger charge is -2.07. The van der Waals surface area contributed by atoms with Gasteiger partial charge in [0.25, 0.3) is 0 Å². The Balaban J connectivity index is 3.13. The van der Waals surface area contributed by atoms with Crippen LogP contribution in [0, 0.1) is 7.14 Å². The van der Waals surface area contributed by atoms with E-state index in [9.17, 15) is 14.7 Å². The molecule has 0 aliphatic rings. The number of halogens is 2. The summed E-state index contributed by atoms with van der Waals surface area (Å²) in [4.78, 5) is 21.5. The maximum absolute atomic E-state index is 11.2. The second-order valence-corrected chi connectivity index (χ2v) is 4.65. The van der Waals surface area contributed by atoms with E-state index in [1.54, 1.807) is 0 Å². The van der Waals surface area contributed by atoms with Gasteiger partial charge in [-0.1, -0.05) is 0 Å². The molecule has 1 rings (SSSR count). The smallest absolute Gasteiger partial charge is 0.208 e. The molecule has 0 aliphatic heterocycles. The average Bonchev–Trinajstić information content (AvgIpc) is 1.98. The van der Waals surface area contributed by atoms with Gasteiger partial charge >= 0.3 is 0 Å². The molecule has 0 aromatic carbocycles. The van der Waals surface area contributed by atoms with E-state index in [1.165, 1.54) is 17.0 Å². The minimum absolute atomic E-state index is 0.0733. The Kier molecular flexibility index (Phi) is 3.71. The average molecular weight is 404 g/mol. The molecule has 0 amide bonds. The number of rotatable bonds is 2. The molecule has 0 saturated heterocycles. The monoisotopic (exact) mass is 404 g/mol. The van der Waals surface area contributed by atoms with Crippen LogP contribution in [0.25, 0.3) is 0 Å². The van der Waals surface area contributed by atoms with Gasteiger partial charge in [-0.2, -0.15) is 0 Å². The second-order valence-electron chi connectivity index (χ2n) is 2.33. The zero-order valence-corrected chi connectivity index (χ0v) is 10.6. The molecule has 1 aromatic rings. The molecule has 0 unspecified atom stereocenters. The number of carboxylic acid groups (broad SMARTS) is 1. The molecular formula is C7H4I2NO3-. The predicted octanol–water partition coefficient (Wildman–Crippen LogP) is -0.193. The molecule has 13 heavy (non-hydrogen) atoms. The minimum Gasteiger partial charge on any atom is -0.548 e. The summed E-state index contributed by atoms with van der Waals surface area (Å²) in [5, 5.41) is 10.3. The number of carboxylic acids is 1. The van der Waals surface area contributed by atoms with Crippen molar-refractivity contribution in [3.8, 4) is 0 Å². The van der Waals surface area contributed by atoms with Crippen molar-refractivity contribution in [2.75, 3.05) is 0 Å². The van der Waals surface area contributed by atoms with Crippen molar-refractivity contribution in [1.29, 1.82) is 0 Å². The number of aromatic nitrogens is 1. The summed E-state index contributed by atoms with van der Waals surface area (Å²) in [5.74, 6) is -1.17. The summed E-state index contributed by atoms with van der Waals surface area (Å²) >= 11 is 3.74. The SMILES string of the molecule is O=C([O-])Cn1cc(I)c(=O)c(I)c1. The lowest BCUT2D eigenvalue weighted by atomic mass is 10.4. The molecule has 0 saturated carbocycles. The third-order valence-corrected chi connectivity index (χ3v) is 2.84. The predicted molar refractivity (Wildman–Crippen MR) is 61.1 cm³/mol. The van der Waals surface area contributed by atoms with Crippen LogP contribution in [-0.2, 0) is 11.3 Å². The van der Waals surface area contributed by atoms with Crippen molar-refractivity contribution in [3.05, 3.63) is 29.8 Å². The Bertz CT molecular complexity index is 373. The van der Waals surface area contributed by atoms with Gasteiger partial charge in [-0.05, 0) is 45.2 Å². The summed E-state index contributed by atoms with van der Waals surface area (Å²) in [5.41, 5.74) is -0.0733. The first-order valence-electron chi connectivity index (χ1n) is 3.25. The Morgan fingerprint density at radius 2 is 1.85 bits per heavy atom. The molecule has 4 nitrogen and oxygen atoms in total. The molecule has 1 aromatic heterocycles. The second kappa shape index (κ2) is 4.40. The summed E-state index contributed by atoms with van der Waals surface area (Å²) in [6, 6.07) is 0. The van der Waals surface area contributed by atoms with Crippen LogP contribution in [0.2, 0.25) is 0 Å². The normalized spacial score (nSPS) is 10.0. The standard InChI is InChI=1S/C7H5I2NO3/c8-4-1-10(3-6(11)12)2-5(9)7(4)13/h1-2H,3H2,(H,11,12)/p-1. The van der Waals surface area contributed by atoms with Crippen LogP contribution >= 0.6 is 45.2 Å². The van der Waals surface area contributed by atoms with Gasteiger partial charge in [0.15, 0.2) is 0 Å². The maximum atomic E-state index is 11.2. The first-order valence-corrected chi connectivity index (χ1v) is 5.41. The van der Waals surface area contributed by atoms with Crippen LogP contribution < -0.4 is 10.5 Å². The fraction of sp³-hybridized carbons (Fsp3) is 0.143. The lowest BCUT2D eigenvalue weighted by molar-refractivity contribution is -0.306. The van der Waals surface area contributed by atoms with Gasteiger partial charge in [0.2, 0.25) is 5.43 Å². The fourth-order valence-electron chi connectivity index (χ4n) is 0.800. The van der Waals surface area contributed by atoms with Crippen molar-refractivity contribution in [3.63, 3.8) is 0 Å². The molecule has 0 fully saturated rings. The summed E-state index contributed by atoms with van der Waals surface area (Å²) in [7, 11) is 0. The van der Waals surface area contributed by atoms with E-state index in [-0.39, 0.29) is 12.0 Å². The van der Waals surface area contributed by atoms with Crippen molar-refractivity contribution < 1.29 is 9.90 Å². The molecule has 0 spiro atoms. The first kappa shape index (κ1) is 11.0. The highest BCUT2D eigenvalue weighted by Gasteiger charge is 2.02. The fourth-order valence-corrected chi connectivity index (χ4v) is 2.61. The molecule has 1 heterocycles. The molecule has 6 heteroatoms. The first-order chi connectivity index (χ1) is 6.00. The van der Waals surface area contributed by atoms with Gasteiger partial charge in [0.1, 0.15) is 0 Å². The number of carbonyl (C=O) groups excluding carboxylic acids is 1. The zero-order valence-electron chi connectivity index (χ0n) is 6.29. The van der Waals surface area contributed by atoms with Gasteiger partial charge in [-0.25, -0.2) is 0 Å². The van der Waals surface area contributed by atoms with Crippen LogP contribution in [0.3, 0.4) is 0 Å². The highest BCUT2D eigenvalue weighted by molar-refractivity contribution is 14.1. The van der Waals surface area contributed by atoms with Crippen molar-refractivity contribution in [2.45, 2.75) is 6.54 Å². The van der Waals surface area contributed by atoms with Crippen molar-refractivity contribution in [1.82, 2.24) is 4.57 Å². The van der Waals surface area contributed by atoms with Crippen molar-refractivity contribution in [2.24, 2.45) is 0 Å². The summed E-state index contributed by atoms with van der Waals surface area (Å²) in [6.45, 7) is -0.230. The molecule has 0 N–H and O–H groups in total. The number of nitrogens with zero attached hydrogens (tertiary/aromatic N) is 1. The molecule has 0 aliphatic carbocycles. The van der Waals surface area contributed by atoms with E-state index >= 15 is 0 Å². The molecule has 0 radical (unpaired) electrons. The summed E-state index contributed by atoms with van der Waals surface area (Å²) in [6.07, 6.45) is 2.97. The van der Waals surface area contributed by atoms with Crippen LogP contribution in [0.1, 0.15) is 0 Å². The lowest BCUT2D eigenvalue weighted by Crippen LogP contribution is -2.28. The number of hydrogen-bond donors (Lipinski definition) is 0. The van der Waals surface area contributed by atoms with Gasteiger partial charge < -0.3 is 14.5 Å². The number of carbonyl (C=O) groups is 1. The molecule has 0 bridgehead atoms. The Morgan fingerprint density at radius 1 is 1.38 bits per heavy atom. The van der Waals surface area contributed by atoms with Gasteiger partial charge in [-0.15, -0.1) is 0 Å². The molecule has 0 atom stereocenters. The third-order valence-electron chi connectivity index (χ3n) is 1.30. The largest absolute Gasteiger partial charge is 0.548 e. The highest BCUT2D eigenvalue weighted by atomic mass is 127. The Hall–Kier alpha value is -0.120. The van der Waals surface area contributed by atoms with Crippen molar-refractivity contribution >= 4 is 51.2 Å². The van der Waals surface area contributed by atoms with E-state index in [2.05, 4.69) is 0 Å². The number of aliphatic carboxylic acids is 1. The zero-order chi connectivity index (χ0) is 10.0. The quantitative estimate of drug-likeness (QED) is 0.643. The van der Waals surface area contributed by atoms with E-state index < -0.39 is 5.97 Å². The topological polar surface area (TPSA) is 62.1 Å². The molecule has 70 valence electrons. The Morgan fingerprint density at radius 3 is 2.23 bits per heavy atom. The number of hydrogen-bond acceptors (Lipinski definition) is 3. The van der Waals surface area contributed by atoms with E-state index in [4.69, 9.17) is 0 Å². The van der Waals surface area contributed by atoms with Gasteiger partial charge in [0.05, 0.1) is 19.7 Å². The number of pyridine rings is 1. The third kappa shape index (κ3) is 2.93. The van der Waals surface area contributed by atoms with Crippen LogP contribution in [0.5, 0.6) is 0 Å². The van der Waals surface area contributed by atoms with Gasteiger partial charge in [-0.3, -0.25) is 4.79 Å². The van der Waals surface area contributed by atoms with E-state index in [1.807, 2.05) is 45.2 Å². The molecular weight excluding hydrogens is 400 g/mol. The minimum atomic E-state index is -1.17. The Labute approximate surface area is 101 Å². The van der Waals surface area contributed by atoms with Crippen LogP contribution in [0.15, 0.2) is 17.2 Å². The maximum Gasteiger partial charge on any atom is 0.208 e. The van der Waals surface area contributed by atoms with E-state index in [0.717, 1.165) is 0 Å². The highest BCUT2D eigenvalue weighted by Crippen LogP contribution is 2.03.